The Balaban J connectivity index is 2.54. The van der Waals surface area contributed by atoms with Crippen molar-refractivity contribution >= 4 is 16.0 Å². The molecule has 1 heterocycles. The van der Waals surface area contributed by atoms with Crippen LogP contribution in [0, 0.1) is 0 Å². The van der Waals surface area contributed by atoms with Crippen molar-refractivity contribution in [2.75, 3.05) is 19.6 Å². The quantitative estimate of drug-likeness (QED) is 0.779. The second-order valence-electron chi connectivity index (χ2n) is 3.38. The number of halogens is 3. The summed E-state index contributed by atoms with van der Waals surface area (Å²) in [5.74, 6) is -0.0812. The largest absolute Gasteiger partial charge is 0.402 e. The topological polar surface area (TPSA) is 66.5 Å². The number of nitrogens with one attached hydrogen (secondary N) is 1. The van der Waals surface area contributed by atoms with E-state index in [1.807, 2.05) is 0 Å². The zero-order valence-electron chi connectivity index (χ0n) is 8.25. The third-order valence-electron chi connectivity index (χ3n) is 2.08. The highest BCUT2D eigenvalue weighted by Crippen LogP contribution is 2.14. The van der Waals surface area contributed by atoms with Gasteiger partial charge in [0.25, 0.3) is 10.2 Å². The SMILES string of the molecule is O=C1CCN(S(=O)(=O)NCC(F)(F)F)CC1. The predicted molar refractivity (Wildman–Crippen MR) is 48.8 cm³/mol. The van der Waals surface area contributed by atoms with E-state index in [-0.39, 0.29) is 31.7 Å². The molecule has 0 spiro atoms. The van der Waals surface area contributed by atoms with E-state index in [1.54, 1.807) is 0 Å². The molecule has 0 unspecified atom stereocenters. The van der Waals surface area contributed by atoms with Gasteiger partial charge < -0.3 is 0 Å². The van der Waals surface area contributed by atoms with Gasteiger partial charge >= 0.3 is 6.18 Å². The number of nitrogens with zero attached hydrogens (tertiary/aromatic N) is 1. The Morgan fingerprint density at radius 1 is 1.25 bits per heavy atom. The molecule has 16 heavy (non-hydrogen) atoms. The van der Waals surface area contributed by atoms with Gasteiger partial charge in [0.1, 0.15) is 12.3 Å². The van der Waals surface area contributed by atoms with Crippen molar-refractivity contribution in [1.82, 2.24) is 9.03 Å². The summed E-state index contributed by atoms with van der Waals surface area (Å²) in [5, 5.41) is 0. The van der Waals surface area contributed by atoms with E-state index in [4.69, 9.17) is 0 Å². The number of hydrogen-bond acceptors (Lipinski definition) is 3. The molecule has 9 heteroatoms. The van der Waals surface area contributed by atoms with Crippen molar-refractivity contribution in [3.05, 3.63) is 0 Å². The van der Waals surface area contributed by atoms with Gasteiger partial charge in [0.05, 0.1) is 0 Å². The van der Waals surface area contributed by atoms with Crippen molar-refractivity contribution in [2.24, 2.45) is 0 Å². The molecular formula is C7H11F3N2O3S. The van der Waals surface area contributed by atoms with E-state index in [1.165, 1.54) is 4.72 Å². The molecule has 0 bridgehead atoms. The van der Waals surface area contributed by atoms with E-state index in [0.717, 1.165) is 4.31 Å². The van der Waals surface area contributed by atoms with Crippen LogP contribution in [0.1, 0.15) is 12.8 Å². The molecule has 1 rings (SSSR count). The first kappa shape index (κ1) is 13.4. The second-order valence-corrected chi connectivity index (χ2v) is 5.13. The van der Waals surface area contributed by atoms with Crippen LogP contribution in [0.2, 0.25) is 0 Å². The van der Waals surface area contributed by atoms with Crippen molar-refractivity contribution < 1.29 is 26.4 Å². The molecule has 1 N–H and O–H groups in total. The molecule has 1 aliphatic heterocycles. The predicted octanol–water partition coefficient (Wildman–Crippen LogP) is 0.0480. The van der Waals surface area contributed by atoms with Gasteiger partial charge in [0, 0.05) is 25.9 Å². The maximum absolute atomic E-state index is 11.8. The summed E-state index contributed by atoms with van der Waals surface area (Å²) in [6.45, 7) is -1.72. The Bertz CT molecular complexity index is 356. The molecule has 0 aliphatic carbocycles. The lowest BCUT2D eigenvalue weighted by atomic mass is 10.1. The standard InChI is InChI=1S/C7H11F3N2O3S/c8-7(9,10)5-11-16(14,15)12-3-1-6(13)2-4-12/h11H,1-5H2. The number of carbonyl (C=O) groups is 1. The Labute approximate surface area is 90.8 Å². The maximum Gasteiger partial charge on any atom is 0.402 e. The Hall–Kier alpha value is -0.670. The van der Waals surface area contributed by atoms with Crippen LogP contribution < -0.4 is 4.72 Å². The zero-order chi connectivity index (χ0) is 12.4. The molecule has 0 aromatic heterocycles. The van der Waals surface area contributed by atoms with Gasteiger partial charge in [-0.3, -0.25) is 4.79 Å². The van der Waals surface area contributed by atoms with Crippen molar-refractivity contribution in [1.29, 1.82) is 0 Å². The minimum Gasteiger partial charge on any atom is -0.300 e. The average Bonchev–Trinajstić information content (AvgIpc) is 2.15. The lowest BCUT2D eigenvalue weighted by Crippen LogP contribution is -2.47. The van der Waals surface area contributed by atoms with Gasteiger partial charge in [-0.15, -0.1) is 0 Å². The molecule has 0 saturated carbocycles. The van der Waals surface area contributed by atoms with Crippen LogP contribution in [0.3, 0.4) is 0 Å². The van der Waals surface area contributed by atoms with Crippen LogP contribution in [-0.4, -0.2) is 44.3 Å². The molecule has 94 valence electrons. The molecule has 1 aliphatic rings. The van der Waals surface area contributed by atoms with Crippen molar-refractivity contribution in [3.8, 4) is 0 Å². The third kappa shape index (κ3) is 4.06. The summed E-state index contributed by atoms with van der Waals surface area (Å²) < 4.78 is 60.4. The Morgan fingerprint density at radius 3 is 2.19 bits per heavy atom. The van der Waals surface area contributed by atoms with Gasteiger partial charge in [-0.25, -0.2) is 0 Å². The van der Waals surface area contributed by atoms with Crippen LogP contribution in [0.5, 0.6) is 0 Å². The number of Topliss-reactive ketones (excluding diaryl/α,β-unsaturated/α-hetero) is 1. The monoisotopic (exact) mass is 260 g/mol. The highest BCUT2D eigenvalue weighted by Gasteiger charge is 2.33. The van der Waals surface area contributed by atoms with Gasteiger partial charge in [0.15, 0.2) is 0 Å². The van der Waals surface area contributed by atoms with Gasteiger partial charge in [0.2, 0.25) is 0 Å². The smallest absolute Gasteiger partial charge is 0.300 e. The fourth-order valence-corrected chi connectivity index (χ4v) is 2.43. The van der Waals surface area contributed by atoms with Gasteiger partial charge in [-0.2, -0.15) is 30.6 Å². The Kier molecular flexibility index (Phi) is 3.92. The maximum atomic E-state index is 11.8. The first-order chi connectivity index (χ1) is 7.21. The molecule has 0 aromatic rings. The van der Waals surface area contributed by atoms with E-state index in [0.29, 0.717) is 0 Å². The first-order valence-electron chi connectivity index (χ1n) is 4.54. The molecule has 0 radical (unpaired) electrons. The first-order valence-corrected chi connectivity index (χ1v) is 5.98. The van der Waals surface area contributed by atoms with Gasteiger partial charge in [-0.05, 0) is 0 Å². The zero-order valence-corrected chi connectivity index (χ0v) is 9.07. The number of carbonyl (C=O) groups excluding carboxylic acids is 1. The highest BCUT2D eigenvalue weighted by molar-refractivity contribution is 7.87. The third-order valence-corrected chi connectivity index (χ3v) is 3.63. The summed E-state index contributed by atoms with van der Waals surface area (Å²) in [5.41, 5.74) is 0. The summed E-state index contributed by atoms with van der Waals surface area (Å²) >= 11 is 0. The number of rotatable bonds is 3. The number of ketones is 1. The lowest BCUT2D eigenvalue weighted by molar-refractivity contribution is -0.122. The molecule has 1 saturated heterocycles. The number of piperidine rings is 1. The lowest BCUT2D eigenvalue weighted by Gasteiger charge is -2.25. The minimum atomic E-state index is -4.58. The van der Waals surface area contributed by atoms with Gasteiger partial charge in [-0.1, -0.05) is 0 Å². The Morgan fingerprint density at radius 2 is 1.75 bits per heavy atom. The van der Waals surface area contributed by atoms with Crippen LogP contribution in [0.25, 0.3) is 0 Å². The molecule has 5 nitrogen and oxygen atoms in total. The van der Waals surface area contributed by atoms with Crippen LogP contribution >= 0.6 is 0 Å². The summed E-state index contributed by atoms with van der Waals surface area (Å²) in [7, 11) is -4.13. The second kappa shape index (κ2) is 4.68. The highest BCUT2D eigenvalue weighted by atomic mass is 32.2. The van der Waals surface area contributed by atoms with Crippen LogP contribution in [-0.2, 0) is 15.0 Å². The summed E-state index contributed by atoms with van der Waals surface area (Å²) in [6, 6.07) is 0. The van der Waals surface area contributed by atoms with E-state index in [9.17, 15) is 26.4 Å². The number of alkyl halides is 3. The van der Waals surface area contributed by atoms with E-state index < -0.39 is 22.9 Å². The average molecular weight is 260 g/mol. The molecule has 0 amide bonds. The fourth-order valence-electron chi connectivity index (χ4n) is 1.24. The summed E-state index contributed by atoms with van der Waals surface area (Å²) in [6.07, 6.45) is -4.49. The molecular weight excluding hydrogens is 249 g/mol. The molecule has 0 atom stereocenters. The van der Waals surface area contributed by atoms with Crippen LogP contribution in [0.15, 0.2) is 0 Å². The van der Waals surface area contributed by atoms with E-state index >= 15 is 0 Å². The molecule has 1 fully saturated rings. The van der Waals surface area contributed by atoms with E-state index in [2.05, 4.69) is 0 Å². The van der Waals surface area contributed by atoms with Crippen LogP contribution in [0.4, 0.5) is 13.2 Å². The van der Waals surface area contributed by atoms with Crippen molar-refractivity contribution in [3.63, 3.8) is 0 Å². The summed E-state index contributed by atoms with van der Waals surface area (Å²) in [4.78, 5) is 10.8. The normalized spacial score (nSPS) is 20.1. The minimum absolute atomic E-state index is 0.0485. The molecule has 0 aromatic carbocycles. The van der Waals surface area contributed by atoms with Crippen molar-refractivity contribution in [2.45, 2.75) is 19.0 Å². The fraction of sp³-hybridized carbons (Fsp3) is 0.857. The number of hydrogen-bond donors (Lipinski definition) is 1.